The van der Waals surface area contributed by atoms with Crippen LogP contribution in [-0.2, 0) is 0 Å². The molecule has 0 aromatic carbocycles. The zero-order valence-electron chi connectivity index (χ0n) is 9.13. The summed E-state index contributed by atoms with van der Waals surface area (Å²) in [4.78, 5) is 7.82. The molecule has 4 N–H and O–H groups in total. The molecule has 0 bridgehead atoms. The number of nitrogens with two attached hydrogens (primary N) is 1. The number of aromatic nitrogens is 2. The molecule has 5 nitrogen and oxygen atoms in total. The molecular formula is C9H14BN5. The van der Waals surface area contributed by atoms with Crippen LogP contribution >= 0.6 is 0 Å². The van der Waals surface area contributed by atoms with Crippen LogP contribution in [0.2, 0.25) is 0 Å². The Hall–Kier alpha value is -1.59. The van der Waals surface area contributed by atoms with E-state index in [4.69, 9.17) is 19.0 Å². The van der Waals surface area contributed by atoms with Crippen molar-refractivity contribution in [1.29, 1.82) is 5.41 Å². The maximum atomic E-state index is 7.40. The van der Waals surface area contributed by atoms with Crippen molar-refractivity contribution < 1.29 is 0 Å². The topological polar surface area (TPSA) is 87.7 Å². The van der Waals surface area contributed by atoms with Gasteiger partial charge >= 0.3 is 0 Å². The summed E-state index contributed by atoms with van der Waals surface area (Å²) in [7, 11) is 5.42. The molecule has 2 radical (unpaired) electrons. The molecule has 78 valence electrons. The molecule has 0 fully saturated rings. The van der Waals surface area contributed by atoms with Crippen molar-refractivity contribution in [3.05, 3.63) is 11.9 Å². The Kier molecular flexibility index (Phi) is 2.97. The van der Waals surface area contributed by atoms with E-state index in [1.807, 2.05) is 20.8 Å². The Labute approximate surface area is 90.4 Å². The summed E-state index contributed by atoms with van der Waals surface area (Å²) in [6.07, 6.45) is 1.34. The second-order valence-corrected chi connectivity index (χ2v) is 4.27. The van der Waals surface area contributed by atoms with Crippen LogP contribution in [0.3, 0.4) is 0 Å². The van der Waals surface area contributed by atoms with Gasteiger partial charge in [-0.2, -0.15) is 0 Å². The minimum Gasteiger partial charge on any atom is -0.383 e. The quantitative estimate of drug-likeness (QED) is 0.489. The molecule has 1 heterocycles. The van der Waals surface area contributed by atoms with Gasteiger partial charge in [-0.1, -0.05) is 0 Å². The fourth-order valence-corrected chi connectivity index (χ4v) is 1.11. The van der Waals surface area contributed by atoms with Crippen LogP contribution in [-0.4, -0.2) is 29.0 Å². The highest BCUT2D eigenvalue weighted by Crippen LogP contribution is 2.20. The van der Waals surface area contributed by atoms with Crippen LogP contribution in [0.4, 0.5) is 11.6 Å². The average molecular weight is 203 g/mol. The molecule has 0 atom stereocenters. The fourth-order valence-electron chi connectivity index (χ4n) is 1.11. The Morgan fingerprint density at radius 1 is 1.47 bits per heavy atom. The van der Waals surface area contributed by atoms with Crippen LogP contribution in [0.1, 0.15) is 26.3 Å². The van der Waals surface area contributed by atoms with E-state index in [-0.39, 0.29) is 17.0 Å². The zero-order valence-corrected chi connectivity index (χ0v) is 9.13. The second kappa shape index (κ2) is 3.88. The lowest BCUT2D eigenvalue weighted by atomic mass is 9.93. The number of nitrogens with zero attached hydrogens (tertiary/aromatic N) is 2. The van der Waals surface area contributed by atoms with E-state index in [9.17, 15) is 0 Å². The molecule has 0 aliphatic heterocycles. The van der Waals surface area contributed by atoms with Gasteiger partial charge in [0.2, 0.25) is 0 Å². The molecular weight excluding hydrogens is 189 g/mol. The van der Waals surface area contributed by atoms with Crippen molar-refractivity contribution in [3.8, 4) is 0 Å². The first-order valence-electron chi connectivity index (χ1n) is 4.54. The monoisotopic (exact) mass is 203 g/mol. The lowest BCUT2D eigenvalue weighted by molar-refractivity contribution is 0.630. The van der Waals surface area contributed by atoms with Crippen LogP contribution in [0.15, 0.2) is 6.33 Å². The number of nitrogen functional groups attached to an aromatic ring is 1. The van der Waals surface area contributed by atoms with Crippen molar-refractivity contribution in [2.45, 2.75) is 26.3 Å². The van der Waals surface area contributed by atoms with E-state index in [0.717, 1.165) is 0 Å². The Bertz CT molecular complexity index is 383. The van der Waals surface area contributed by atoms with Gasteiger partial charge in [0.05, 0.1) is 5.56 Å². The van der Waals surface area contributed by atoms with E-state index in [0.29, 0.717) is 11.4 Å². The molecule has 0 unspecified atom stereocenters. The third kappa shape index (κ3) is 2.94. The first-order chi connectivity index (χ1) is 6.81. The first-order valence-corrected chi connectivity index (χ1v) is 4.54. The van der Waals surface area contributed by atoms with Crippen molar-refractivity contribution >= 4 is 25.1 Å². The van der Waals surface area contributed by atoms with E-state index >= 15 is 0 Å². The zero-order chi connectivity index (χ0) is 11.6. The van der Waals surface area contributed by atoms with Crippen molar-refractivity contribution in [2.24, 2.45) is 0 Å². The number of hydrogen-bond acceptors (Lipinski definition) is 5. The normalized spacial score (nSPS) is 11.1. The van der Waals surface area contributed by atoms with E-state index < -0.39 is 0 Å². The highest BCUT2D eigenvalue weighted by Gasteiger charge is 2.16. The summed E-state index contributed by atoms with van der Waals surface area (Å²) >= 11 is 0. The van der Waals surface area contributed by atoms with Crippen LogP contribution in [0.25, 0.3) is 0 Å². The molecule has 6 heteroatoms. The highest BCUT2D eigenvalue weighted by atomic mass is 15.1. The van der Waals surface area contributed by atoms with Crippen LogP contribution < -0.4 is 11.1 Å². The summed E-state index contributed by atoms with van der Waals surface area (Å²) < 4.78 is 0. The van der Waals surface area contributed by atoms with Gasteiger partial charge in [0, 0.05) is 5.54 Å². The van der Waals surface area contributed by atoms with Gasteiger partial charge in [0.1, 0.15) is 25.8 Å². The second-order valence-electron chi connectivity index (χ2n) is 4.27. The van der Waals surface area contributed by atoms with Crippen molar-refractivity contribution in [3.63, 3.8) is 0 Å². The van der Waals surface area contributed by atoms with Gasteiger partial charge in [-0.15, -0.1) is 0 Å². The Balaban J connectivity index is 3.18. The lowest BCUT2D eigenvalue weighted by Gasteiger charge is -2.23. The lowest BCUT2D eigenvalue weighted by Crippen LogP contribution is -2.28. The molecule has 1 rings (SSSR count). The van der Waals surface area contributed by atoms with Gasteiger partial charge < -0.3 is 16.5 Å². The molecule has 15 heavy (non-hydrogen) atoms. The fraction of sp³-hybridized carbons (Fsp3) is 0.444. The van der Waals surface area contributed by atoms with Gasteiger partial charge in [0.15, 0.2) is 0 Å². The highest BCUT2D eigenvalue weighted by molar-refractivity contribution is 6.64. The molecule has 0 saturated carbocycles. The molecule has 0 saturated heterocycles. The number of hydrogen-bond donors (Lipinski definition) is 3. The Morgan fingerprint density at radius 2 is 2.07 bits per heavy atom. The van der Waals surface area contributed by atoms with Gasteiger partial charge in [0.25, 0.3) is 0 Å². The van der Waals surface area contributed by atoms with E-state index in [2.05, 4.69) is 15.3 Å². The van der Waals surface area contributed by atoms with Crippen molar-refractivity contribution in [2.75, 3.05) is 11.1 Å². The summed E-state index contributed by atoms with van der Waals surface area (Å²) in [5.74, 6) is 0.701. The van der Waals surface area contributed by atoms with E-state index in [1.54, 1.807) is 0 Å². The minimum absolute atomic E-state index is 0.139. The number of rotatable bonds is 2. The molecule has 1 aromatic rings. The van der Waals surface area contributed by atoms with Crippen LogP contribution in [0.5, 0.6) is 0 Å². The standard InChI is InChI=1S/C9H14BN5/c1-9(2,3)15-8-5(6(10)11)7(12)13-4-14-8/h4,11H,1-3H3,(H3,12,13,14,15). The predicted octanol–water partition coefficient (Wildman–Crippen LogP) is 0.763. The van der Waals surface area contributed by atoms with Gasteiger partial charge in [-0.3, -0.25) is 0 Å². The predicted molar refractivity (Wildman–Crippen MR) is 62.4 cm³/mol. The third-order valence-electron chi connectivity index (χ3n) is 1.64. The maximum Gasteiger partial charge on any atom is 0.141 e. The smallest absolute Gasteiger partial charge is 0.141 e. The van der Waals surface area contributed by atoms with Gasteiger partial charge in [-0.25, -0.2) is 9.97 Å². The van der Waals surface area contributed by atoms with Crippen molar-refractivity contribution in [1.82, 2.24) is 9.97 Å². The van der Waals surface area contributed by atoms with Crippen LogP contribution in [0, 0.1) is 5.41 Å². The first kappa shape index (κ1) is 11.5. The maximum absolute atomic E-state index is 7.40. The summed E-state index contributed by atoms with van der Waals surface area (Å²) in [6.45, 7) is 5.94. The molecule has 0 spiro atoms. The largest absolute Gasteiger partial charge is 0.383 e. The third-order valence-corrected chi connectivity index (χ3v) is 1.64. The SMILES string of the molecule is [B]C(=N)c1c(N)ncnc1NC(C)(C)C. The molecule has 0 aliphatic rings. The molecule has 1 aromatic heterocycles. The summed E-state index contributed by atoms with van der Waals surface area (Å²) in [5, 5.41) is 10.5. The number of nitrogens with one attached hydrogen (secondary N) is 2. The number of anilines is 2. The Morgan fingerprint density at radius 3 is 2.53 bits per heavy atom. The summed E-state index contributed by atoms with van der Waals surface area (Å²) in [5.41, 5.74) is 5.67. The average Bonchev–Trinajstić information content (AvgIpc) is 1.99. The van der Waals surface area contributed by atoms with Gasteiger partial charge in [-0.05, 0) is 26.4 Å². The summed E-state index contributed by atoms with van der Waals surface area (Å²) in [6, 6.07) is 0. The van der Waals surface area contributed by atoms with E-state index in [1.165, 1.54) is 6.33 Å². The molecule has 0 amide bonds. The molecule has 0 aliphatic carbocycles. The minimum atomic E-state index is -0.176.